The number of hydrogen-bond donors (Lipinski definition) is 1. The molecule has 2 atom stereocenters. The molecule has 0 aromatic heterocycles. The molecule has 0 aliphatic carbocycles. The second-order valence-corrected chi connectivity index (χ2v) is 14.1. The van der Waals surface area contributed by atoms with Crippen molar-refractivity contribution < 1.29 is 18.0 Å². The molecule has 0 aliphatic rings. The largest absolute Gasteiger partial charge is 0.352 e. The smallest absolute Gasteiger partial charge is 0.264 e. The highest BCUT2D eigenvalue weighted by atomic mass is 32.2. The Labute approximate surface area is 274 Å². The number of rotatable bonds is 13. The lowest BCUT2D eigenvalue weighted by Crippen LogP contribution is -2.54. The molecule has 0 radical (unpaired) electrons. The van der Waals surface area contributed by atoms with E-state index in [9.17, 15) is 18.0 Å². The highest BCUT2D eigenvalue weighted by Crippen LogP contribution is 2.27. The molecular formula is C38H45N3O4S. The van der Waals surface area contributed by atoms with Crippen LogP contribution in [-0.2, 0) is 32.6 Å². The van der Waals surface area contributed by atoms with E-state index >= 15 is 0 Å². The van der Waals surface area contributed by atoms with Crippen LogP contribution in [0, 0.1) is 27.7 Å². The zero-order valence-corrected chi connectivity index (χ0v) is 28.5. The Bertz CT molecular complexity index is 1720. The minimum absolute atomic E-state index is 0.0884. The molecule has 0 spiro atoms. The highest BCUT2D eigenvalue weighted by molar-refractivity contribution is 7.92. The lowest BCUT2D eigenvalue weighted by Gasteiger charge is -2.34. The van der Waals surface area contributed by atoms with Crippen LogP contribution >= 0.6 is 0 Å². The first-order chi connectivity index (χ1) is 21.9. The number of carbonyl (C=O) groups is 2. The van der Waals surface area contributed by atoms with Crippen molar-refractivity contribution in [3.05, 3.63) is 130 Å². The number of nitrogens with zero attached hydrogens (tertiary/aromatic N) is 2. The van der Waals surface area contributed by atoms with Crippen LogP contribution in [0.15, 0.2) is 102 Å². The van der Waals surface area contributed by atoms with E-state index in [-0.39, 0.29) is 29.8 Å². The van der Waals surface area contributed by atoms with Gasteiger partial charge in [0.15, 0.2) is 0 Å². The van der Waals surface area contributed by atoms with Gasteiger partial charge < -0.3 is 10.2 Å². The van der Waals surface area contributed by atoms with Crippen molar-refractivity contribution in [2.24, 2.45) is 0 Å². The predicted molar refractivity (Wildman–Crippen MR) is 185 cm³/mol. The summed E-state index contributed by atoms with van der Waals surface area (Å²) in [6, 6.07) is 28.5. The van der Waals surface area contributed by atoms with Crippen LogP contribution in [0.25, 0.3) is 0 Å². The number of amides is 2. The van der Waals surface area contributed by atoms with Gasteiger partial charge in [0.25, 0.3) is 10.0 Å². The Morgan fingerprint density at radius 1 is 0.739 bits per heavy atom. The van der Waals surface area contributed by atoms with Gasteiger partial charge >= 0.3 is 0 Å². The maximum Gasteiger partial charge on any atom is 0.264 e. The maximum atomic E-state index is 14.6. The molecule has 7 nitrogen and oxygen atoms in total. The average molecular weight is 640 g/mol. The molecular weight excluding hydrogens is 595 g/mol. The Morgan fingerprint density at radius 3 is 1.87 bits per heavy atom. The summed E-state index contributed by atoms with van der Waals surface area (Å²) in [5.41, 5.74) is 5.87. The maximum absolute atomic E-state index is 14.6. The van der Waals surface area contributed by atoms with Crippen LogP contribution < -0.4 is 9.62 Å². The molecule has 0 bridgehead atoms. The molecule has 0 saturated carbocycles. The van der Waals surface area contributed by atoms with E-state index in [0.717, 1.165) is 39.8 Å². The summed E-state index contributed by atoms with van der Waals surface area (Å²) in [7, 11) is -4.15. The minimum atomic E-state index is -4.15. The van der Waals surface area contributed by atoms with E-state index in [1.54, 1.807) is 36.4 Å². The van der Waals surface area contributed by atoms with Gasteiger partial charge in [0, 0.05) is 19.0 Å². The number of nitrogens with one attached hydrogen (secondary N) is 1. The Morgan fingerprint density at radius 2 is 1.30 bits per heavy atom. The van der Waals surface area contributed by atoms with Gasteiger partial charge in [-0.1, -0.05) is 90.8 Å². The fourth-order valence-electron chi connectivity index (χ4n) is 5.35. The van der Waals surface area contributed by atoms with Crippen LogP contribution in [0.4, 0.5) is 5.69 Å². The number of aryl methyl sites for hydroxylation is 4. The SMILES string of the molecule is CC[C@H](C)NC(=O)[C@H](Cc1ccccc1)N(Cc1ccc(C)cc1)C(=O)CN(c1cc(C)cc(C)c1)S(=O)(=O)c1ccc(C)cc1. The van der Waals surface area contributed by atoms with Gasteiger partial charge in [-0.3, -0.25) is 13.9 Å². The monoisotopic (exact) mass is 639 g/mol. The minimum Gasteiger partial charge on any atom is -0.352 e. The summed E-state index contributed by atoms with van der Waals surface area (Å²) < 4.78 is 29.7. The topological polar surface area (TPSA) is 86.8 Å². The molecule has 2 amide bonds. The second kappa shape index (κ2) is 15.2. The molecule has 4 aromatic rings. The molecule has 1 N–H and O–H groups in total. The first kappa shape index (κ1) is 34.4. The zero-order valence-electron chi connectivity index (χ0n) is 27.7. The van der Waals surface area contributed by atoms with Crippen molar-refractivity contribution in [1.29, 1.82) is 0 Å². The quantitative estimate of drug-likeness (QED) is 0.177. The number of hydrogen-bond acceptors (Lipinski definition) is 4. The van der Waals surface area contributed by atoms with Crippen LogP contribution in [0.2, 0.25) is 0 Å². The van der Waals surface area contributed by atoms with Crippen molar-refractivity contribution in [2.75, 3.05) is 10.8 Å². The Kier molecular flexibility index (Phi) is 11.4. The van der Waals surface area contributed by atoms with Gasteiger partial charge in [-0.25, -0.2) is 8.42 Å². The standard InChI is InChI=1S/C38H45N3O4S/c1-7-31(6)39-38(43)36(24-32-11-9-8-10-12-32)40(25-33-17-13-27(2)14-18-33)37(42)26-41(34-22-29(4)21-30(5)23-34)46(44,45)35-19-15-28(3)16-20-35/h8-23,31,36H,7,24-26H2,1-6H3,(H,39,43)/t31-,36-/m0/s1. The third kappa shape index (κ3) is 8.85. The summed E-state index contributed by atoms with van der Waals surface area (Å²) >= 11 is 0. The lowest BCUT2D eigenvalue weighted by molar-refractivity contribution is -0.140. The van der Waals surface area contributed by atoms with Gasteiger partial charge in [-0.15, -0.1) is 0 Å². The zero-order chi connectivity index (χ0) is 33.4. The Hall–Kier alpha value is -4.43. The fourth-order valence-corrected chi connectivity index (χ4v) is 6.74. The number of sulfonamides is 1. The molecule has 0 aliphatic heterocycles. The third-order valence-corrected chi connectivity index (χ3v) is 9.92. The molecule has 0 fully saturated rings. The summed E-state index contributed by atoms with van der Waals surface area (Å²) in [5, 5.41) is 3.08. The molecule has 4 rings (SSSR count). The summed E-state index contributed by atoms with van der Waals surface area (Å²) in [6.45, 7) is 11.2. The number of carbonyl (C=O) groups excluding carboxylic acids is 2. The summed E-state index contributed by atoms with van der Waals surface area (Å²) in [6.07, 6.45) is 1.000. The van der Waals surface area contributed by atoms with Crippen molar-refractivity contribution in [2.45, 2.75) is 77.9 Å². The first-order valence-corrected chi connectivity index (χ1v) is 17.2. The van der Waals surface area contributed by atoms with Gasteiger partial charge in [0.1, 0.15) is 12.6 Å². The average Bonchev–Trinajstić information content (AvgIpc) is 3.02. The first-order valence-electron chi connectivity index (χ1n) is 15.7. The van der Waals surface area contributed by atoms with Gasteiger partial charge in [0.2, 0.25) is 11.8 Å². The van der Waals surface area contributed by atoms with Gasteiger partial charge in [-0.2, -0.15) is 0 Å². The second-order valence-electron chi connectivity index (χ2n) is 12.2. The summed E-state index contributed by atoms with van der Waals surface area (Å²) in [4.78, 5) is 30.2. The molecule has 242 valence electrons. The highest BCUT2D eigenvalue weighted by Gasteiger charge is 2.35. The summed E-state index contributed by atoms with van der Waals surface area (Å²) in [5.74, 6) is -0.756. The molecule has 46 heavy (non-hydrogen) atoms. The lowest BCUT2D eigenvalue weighted by atomic mass is 10.0. The van der Waals surface area contributed by atoms with E-state index in [2.05, 4.69) is 5.32 Å². The van der Waals surface area contributed by atoms with Crippen molar-refractivity contribution in [3.8, 4) is 0 Å². The van der Waals surface area contributed by atoms with E-state index in [1.165, 1.54) is 9.21 Å². The van der Waals surface area contributed by atoms with Crippen LogP contribution in [-0.4, -0.2) is 43.8 Å². The van der Waals surface area contributed by atoms with Crippen molar-refractivity contribution in [1.82, 2.24) is 10.2 Å². The molecule has 0 heterocycles. The normalized spacial score (nSPS) is 12.7. The van der Waals surface area contributed by atoms with Crippen molar-refractivity contribution in [3.63, 3.8) is 0 Å². The molecule has 8 heteroatoms. The number of anilines is 1. The van der Waals surface area contributed by atoms with E-state index in [4.69, 9.17) is 0 Å². The van der Waals surface area contributed by atoms with Gasteiger partial charge in [-0.05, 0) is 87.6 Å². The van der Waals surface area contributed by atoms with Crippen molar-refractivity contribution >= 4 is 27.5 Å². The molecule has 0 unspecified atom stereocenters. The van der Waals surface area contributed by atoms with E-state index in [0.29, 0.717) is 5.69 Å². The van der Waals surface area contributed by atoms with Crippen LogP contribution in [0.1, 0.15) is 53.6 Å². The fraction of sp³-hybridized carbons (Fsp3) is 0.316. The van der Waals surface area contributed by atoms with E-state index in [1.807, 2.05) is 102 Å². The third-order valence-electron chi connectivity index (χ3n) is 8.13. The molecule has 0 saturated heterocycles. The number of benzene rings is 4. The van der Waals surface area contributed by atoms with E-state index < -0.39 is 28.5 Å². The Balaban J connectivity index is 1.83. The van der Waals surface area contributed by atoms with Crippen LogP contribution in [0.5, 0.6) is 0 Å². The van der Waals surface area contributed by atoms with Gasteiger partial charge in [0.05, 0.1) is 10.6 Å². The van der Waals surface area contributed by atoms with Crippen LogP contribution in [0.3, 0.4) is 0 Å². The molecule has 4 aromatic carbocycles. The predicted octanol–water partition coefficient (Wildman–Crippen LogP) is 6.67.